The number of carbonyl (C=O) groups excluding carboxylic acids is 1. The van der Waals surface area contributed by atoms with Gasteiger partial charge in [0.25, 0.3) is 5.91 Å². The molecule has 6 nitrogen and oxygen atoms in total. The van der Waals surface area contributed by atoms with Gasteiger partial charge in [-0.15, -0.1) is 0 Å². The van der Waals surface area contributed by atoms with Crippen LogP contribution in [0.2, 0.25) is 0 Å². The maximum atomic E-state index is 12.6. The van der Waals surface area contributed by atoms with Crippen molar-refractivity contribution in [3.05, 3.63) is 24.0 Å². The molecule has 1 N–H and O–H groups in total. The number of hydrogen-bond acceptors (Lipinski definition) is 4. The number of aromatic amines is 1. The SMILES string of the molecule is O=C(c1cc2cc(OCCCN3CCCCC3)cnc2[nH]1)N1CCCCC1. The summed E-state index contributed by atoms with van der Waals surface area (Å²) in [6.45, 7) is 5.97. The second-order valence-corrected chi connectivity index (χ2v) is 7.75. The summed E-state index contributed by atoms with van der Waals surface area (Å²) in [4.78, 5) is 24.7. The number of amides is 1. The molecule has 2 aliphatic rings. The molecule has 0 radical (unpaired) electrons. The van der Waals surface area contributed by atoms with Gasteiger partial charge in [-0.3, -0.25) is 4.79 Å². The summed E-state index contributed by atoms with van der Waals surface area (Å²) < 4.78 is 5.89. The number of likely N-dealkylation sites (tertiary alicyclic amines) is 2. The van der Waals surface area contributed by atoms with Crippen molar-refractivity contribution >= 4 is 16.9 Å². The summed E-state index contributed by atoms with van der Waals surface area (Å²) in [6.07, 6.45) is 10.2. The van der Waals surface area contributed by atoms with Crippen LogP contribution in [0.3, 0.4) is 0 Å². The van der Waals surface area contributed by atoms with Crippen LogP contribution in [0.5, 0.6) is 5.75 Å². The Balaban J connectivity index is 1.32. The number of fused-ring (bicyclic) bond motifs is 1. The highest BCUT2D eigenvalue weighted by Gasteiger charge is 2.20. The zero-order valence-electron chi connectivity index (χ0n) is 16.1. The minimum absolute atomic E-state index is 0.0803. The van der Waals surface area contributed by atoms with Crippen LogP contribution in [0.4, 0.5) is 0 Å². The van der Waals surface area contributed by atoms with Gasteiger partial charge in [0, 0.05) is 25.0 Å². The number of nitrogens with zero attached hydrogens (tertiary/aromatic N) is 3. The van der Waals surface area contributed by atoms with E-state index in [2.05, 4.69) is 14.9 Å². The molecule has 27 heavy (non-hydrogen) atoms. The minimum atomic E-state index is 0.0803. The number of hydrogen-bond donors (Lipinski definition) is 1. The summed E-state index contributed by atoms with van der Waals surface area (Å²) >= 11 is 0. The van der Waals surface area contributed by atoms with Crippen molar-refractivity contribution < 1.29 is 9.53 Å². The van der Waals surface area contributed by atoms with E-state index in [0.29, 0.717) is 12.3 Å². The molecule has 2 aromatic heterocycles. The second-order valence-electron chi connectivity index (χ2n) is 7.75. The van der Waals surface area contributed by atoms with E-state index in [9.17, 15) is 4.79 Å². The molecule has 146 valence electrons. The van der Waals surface area contributed by atoms with Gasteiger partial charge >= 0.3 is 0 Å². The summed E-state index contributed by atoms with van der Waals surface area (Å²) in [6, 6.07) is 3.88. The molecule has 4 rings (SSSR count). The first-order chi connectivity index (χ1) is 13.3. The quantitative estimate of drug-likeness (QED) is 0.791. The fourth-order valence-electron chi connectivity index (χ4n) is 4.12. The lowest BCUT2D eigenvalue weighted by Crippen LogP contribution is -2.35. The summed E-state index contributed by atoms with van der Waals surface area (Å²) in [7, 11) is 0. The van der Waals surface area contributed by atoms with Gasteiger partial charge in [0.2, 0.25) is 0 Å². The van der Waals surface area contributed by atoms with Crippen LogP contribution in [-0.2, 0) is 0 Å². The van der Waals surface area contributed by atoms with Crippen molar-refractivity contribution in [3.63, 3.8) is 0 Å². The first-order valence-corrected chi connectivity index (χ1v) is 10.4. The van der Waals surface area contributed by atoms with Crippen LogP contribution in [0.25, 0.3) is 11.0 Å². The highest BCUT2D eigenvalue weighted by Crippen LogP contribution is 2.21. The zero-order valence-corrected chi connectivity index (χ0v) is 16.1. The topological polar surface area (TPSA) is 61.5 Å². The van der Waals surface area contributed by atoms with E-state index in [1.165, 1.54) is 38.8 Å². The third-order valence-corrected chi connectivity index (χ3v) is 5.65. The third kappa shape index (κ3) is 4.61. The lowest BCUT2D eigenvalue weighted by Gasteiger charge is -2.26. The molecule has 2 aliphatic heterocycles. The minimum Gasteiger partial charge on any atom is -0.492 e. The number of rotatable bonds is 6. The van der Waals surface area contributed by atoms with E-state index < -0.39 is 0 Å². The molecule has 0 aromatic carbocycles. The van der Waals surface area contributed by atoms with Crippen LogP contribution >= 0.6 is 0 Å². The molecule has 2 saturated heterocycles. The fraction of sp³-hybridized carbons (Fsp3) is 0.619. The van der Waals surface area contributed by atoms with Crippen molar-refractivity contribution in [2.75, 3.05) is 39.3 Å². The van der Waals surface area contributed by atoms with Crippen molar-refractivity contribution in [1.29, 1.82) is 0 Å². The molecule has 0 aliphatic carbocycles. The molecule has 0 bridgehead atoms. The van der Waals surface area contributed by atoms with Crippen molar-refractivity contribution in [2.24, 2.45) is 0 Å². The third-order valence-electron chi connectivity index (χ3n) is 5.65. The molecule has 0 spiro atoms. The Morgan fingerprint density at radius 2 is 1.78 bits per heavy atom. The monoisotopic (exact) mass is 370 g/mol. The van der Waals surface area contributed by atoms with Crippen LogP contribution < -0.4 is 4.74 Å². The van der Waals surface area contributed by atoms with Gasteiger partial charge in [-0.05, 0) is 63.7 Å². The molecule has 1 amide bonds. The Morgan fingerprint density at radius 3 is 2.56 bits per heavy atom. The van der Waals surface area contributed by atoms with Crippen LogP contribution in [0.1, 0.15) is 55.4 Å². The highest BCUT2D eigenvalue weighted by atomic mass is 16.5. The Bertz CT molecular complexity index is 761. The maximum Gasteiger partial charge on any atom is 0.270 e. The van der Waals surface area contributed by atoms with Gasteiger partial charge in [0.1, 0.15) is 17.1 Å². The predicted octanol–water partition coefficient (Wildman–Crippen LogP) is 3.44. The Labute approximate surface area is 160 Å². The van der Waals surface area contributed by atoms with Gasteiger partial charge in [-0.2, -0.15) is 0 Å². The second kappa shape index (κ2) is 8.74. The molecule has 2 fully saturated rings. The van der Waals surface area contributed by atoms with Gasteiger partial charge in [0.05, 0.1) is 12.8 Å². The number of pyridine rings is 1. The number of nitrogens with one attached hydrogen (secondary N) is 1. The lowest BCUT2D eigenvalue weighted by molar-refractivity contribution is 0.0719. The van der Waals surface area contributed by atoms with Gasteiger partial charge in [-0.25, -0.2) is 4.98 Å². The molecular weight excluding hydrogens is 340 g/mol. The van der Waals surface area contributed by atoms with Gasteiger partial charge in [0.15, 0.2) is 0 Å². The fourth-order valence-corrected chi connectivity index (χ4v) is 4.12. The number of carbonyl (C=O) groups is 1. The Kier molecular flexibility index (Phi) is 5.92. The van der Waals surface area contributed by atoms with E-state index in [4.69, 9.17) is 4.74 Å². The normalized spacial score (nSPS) is 18.7. The average molecular weight is 370 g/mol. The zero-order chi connectivity index (χ0) is 18.5. The molecule has 0 unspecified atom stereocenters. The van der Waals surface area contributed by atoms with Crippen LogP contribution in [0, 0.1) is 0 Å². The van der Waals surface area contributed by atoms with Crippen molar-refractivity contribution in [3.8, 4) is 5.75 Å². The Morgan fingerprint density at radius 1 is 1.04 bits per heavy atom. The summed E-state index contributed by atoms with van der Waals surface area (Å²) in [5.74, 6) is 0.855. The molecule has 2 aromatic rings. The van der Waals surface area contributed by atoms with E-state index in [-0.39, 0.29) is 5.91 Å². The Hall–Kier alpha value is -2.08. The molecule has 0 atom stereocenters. The van der Waals surface area contributed by atoms with E-state index in [1.807, 2.05) is 17.0 Å². The average Bonchev–Trinajstić information content (AvgIpc) is 3.15. The standard InChI is InChI=1S/C21H30N4O2/c26-21(25-11-5-2-6-12-25)19-15-17-14-18(16-22-20(17)23-19)27-13-7-10-24-8-3-1-4-9-24/h14-16H,1-13H2,(H,22,23). The van der Waals surface area contributed by atoms with Crippen LogP contribution in [0.15, 0.2) is 18.3 Å². The largest absolute Gasteiger partial charge is 0.492 e. The number of aromatic nitrogens is 2. The van der Waals surface area contributed by atoms with Gasteiger partial charge < -0.3 is 19.5 Å². The number of H-pyrrole nitrogens is 1. The molecular formula is C21H30N4O2. The van der Waals surface area contributed by atoms with Crippen molar-refractivity contribution in [2.45, 2.75) is 44.9 Å². The highest BCUT2D eigenvalue weighted by molar-refractivity contribution is 5.97. The molecule has 4 heterocycles. The predicted molar refractivity (Wildman–Crippen MR) is 106 cm³/mol. The van der Waals surface area contributed by atoms with E-state index >= 15 is 0 Å². The lowest BCUT2D eigenvalue weighted by atomic mass is 10.1. The number of ether oxygens (including phenoxy) is 1. The number of piperidine rings is 2. The van der Waals surface area contributed by atoms with Gasteiger partial charge in [-0.1, -0.05) is 6.42 Å². The van der Waals surface area contributed by atoms with Crippen LogP contribution in [-0.4, -0.2) is 65.0 Å². The van der Waals surface area contributed by atoms with E-state index in [1.54, 1.807) is 6.20 Å². The smallest absolute Gasteiger partial charge is 0.270 e. The first-order valence-electron chi connectivity index (χ1n) is 10.4. The van der Waals surface area contributed by atoms with E-state index in [0.717, 1.165) is 55.7 Å². The summed E-state index contributed by atoms with van der Waals surface area (Å²) in [5, 5.41) is 0.934. The molecule has 0 saturated carbocycles. The first kappa shape index (κ1) is 18.3. The maximum absolute atomic E-state index is 12.6. The molecule has 6 heteroatoms. The summed E-state index contributed by atoms with van der Waals surface area (Å²) in [5.41, 5.74) is 1.37. The van der Waals surface area contributed by atoms with Crippen molar-refractivity contribution in [1.82, 2.24) is 19.8 Å².